The number of methoxy groups -OCH3 is 2. The van der Waals surface area contributed by atoms with Gasteiger partial charge in [-0.3, -0.25) is 0 Å². The summed E-state index contributed by atoms with van der Waals surface area (Å²) >= 11 is 0. The van der Waals surface area contributed by atoms with Crippen LogP contribution in [0.5, 0.6) is 0 Å². The monoisotopic (exact) mass is 181 g/mol. The van der Waals surface area contributed by atoms with Gasteiger partial charge in [0.25, 0.3) is 0 Å². The summed E-state index contributed by atoms with van der Waals surface area (Å²) in [6.45, 7) is 1.15. The van der Waals surface area contributed by atoms with Gasteiger partial charge in [0, 0.05) is 25.5 Å². The molecule has 0 spiro atoms. The maximum absolute atomic E-state index is 5.75. The molecule has 0 aliphatic heterocycles. The first-order chi connectivity index (χ1) is 6.27. The quantitative estimate of drug-likeness (QED) is 0.717. The highest BCUT2D eigenvalue weighted by molar-refractivity contribution is 5.48. The van der Waals surface area contributed by atoms with E-state index in [1.165, 1.54) is 0 Å². The van der Waals surface area contributed by atoms with Crippen LogP contribution < -0.4 is 5.73 Å². The van der Waals surface area contributed by atoms with Crippen molar-refractivity contribution < 1.29 is 9.47 Å². The van der Waals surface area contributed by atoms with Gasteiger partial charge >= 0.3 is 0 Å². The van der Waals surface area contributed by atoms with E-state index in [1.54, 1.807) is 14.2 Å². The molecule has 0 aromatic heterocycles. The Labute approximate surface area is 78.5 Å². The summed E-state index contributed by atoms with van der Waals surface area (Å²) in [6.07, 6.45) is 0. The van der Waals surface area contributed by atoms with Gasteiger partial charge in [0.05, 0.1) is 13.2 Å². The second-order valence-electron chi connectivity index (χ2n) is 2.90. The fourth-order valence-corrected chi connectivity index (χ4v) is 1.20. The van der Waals surface area contributed by atoms with Gasteiger partial charge in [-0.2, -0.15) is 0 Å². The predicted octanol–water partition coefficient (Wildman–Crippen LogP) is 1.56. The largest absolute Gasteiger partial charge is 0.398 e. The highest BCUT2D eigenvalue weighted by atomic mass is 16.5. The zero-order valence-corrected chi connectivity index (χ0v) is 8.04. The van der Waals surface area contributed by atoms with Crippen LogP contribution in [-0.4, -0.2) is 14.2 Å². The maximum atomic E-state index is 5.75. The Morgan fingerprint density at radius 3 is 2.46 bits per heavy atom. The topological polar surface area (TPSA) is 44.5 Å². The van der Waals surface area contributed by atoms with Gasteiger partial charge in [-0.15, -0.1) is 0 Å². The number of nitrogen functional groups attached to an aromatic ring is 1. The molecule has 1 aromatic rings. The van der Waals surface area contributed by atoms with Crippen molar-refractivity contribution >= 4 is 5.69 Å². The molecular weight excluding hydrogens is 166 g/mol. The van der Waals surface area contributed by atoms with Crippen molar-refractivity contribution in [1.29, 1.82) is 0 Å². The van der Waals surface area contributed by atoms with Crippen molar-refractivity contribution in [2.45, 2.75) is 13.2 Å². The van der Waals surface area contributed by atoms with Gasteiger partial charge in [-0.1, -0.05) is 6.07 Å². The Hall–Kier alpha value is -1.06. The van der Waals surface area contributed by atoms with E-state index < -0.39 is 0 Å². The number of hydrogen-bond acceptors (Lipinski definition) is 3. The van der Waals surface area contributed by atoms with Crippen LogP contribution in [0.3, 0.4) is 0 Å². The Bertz CT molecular complexity index is 274. The molecule has 0 amide bonds. The molecule has 72 valence electrons. The average molecular weight is 181 g/mol. The average Bonchev–Trinajstić information content (AvgIpc) is 2.12. The third-order valence-electron chi connectivity index (χ3n) is 1.82. The van der Waals surface area contributed by atoms with Crippen LogP contribution in [0.2, 0.25) is 0 Å². The Kier molecular flexibility index (Phi) is 3.73. The fraction of sp³-hybridized carbons (Fsp3) is 0.400. The third-order valence-corrected chi connectivity index (χ3v) is 1.82. The van der Waals surface area contributed by atoms with Gasteiger partial charge in [-0.25, -0.2) is 0 Å². The molecule has 1 aromatic carbocycles. The zero-order chi connectivity index (χ0) is 9.68. The van der Waals surface area contributed by atoms with Gasteiger partial charge in [0.1, 0.15) is 0 Å². The van der Waals surface area contributed by atoms with Gasteiger partial charge < -0.3 is 15.2 Å². The van der Waals surface area contributed by atoms with E-state index in [0.29, 0.717) is 13.2 Å². The van der Waals surface area contributed by atoms with Crippen molar-refractivity contribution in [2.24, 2.45) is 0 Å². The summed E-state index contributed by atoms with van der Waals surface area (Å²) in [5, 5.41) is 0. The lowest BCUT2D eigenvalue weighted by molar-refractivity contribution is 0.180. The molecule has 0 unspecified atom stereocenters. The zero-order valence-electron chi connectivity index (χ0n) is 8.04. The van der Waals surface area contributed by atoms with E-state index >= 15 is 0 Å². The smallest absolute Gasteiger partial charge is 0.0733 e. The van der Waals surface area contributed by atoms with Crippen LogP contribution in [0.25, 0.3) is 0 Å². The number of rotatable bonds is 4. The van der Waals surface area contributed by atoms with E-state index in [4.69, 9.17) is 15.2 Å². The second-order valence-corrected chi connectivity index (χ2v) is 2.90. The SMILES string of the molecule is COCc1ccc(N)c(COC)c1. The minimum atomic E-state index is 0.545. The summed E-state index contributed by atoms with van der Waals surface area (Å²) in [4.78, 5) is 0. The van der Waals surface area contributed by atoms with Crippen molar-refractivity contribution in [1.82, 2.24) is 0 Å². The molecule has 0 saturated heterocycles. The van der Waals surface area contributed by atoms with Crippen molar-refractivity contribution in [3.05, 3.63) is 29.3 Å². The number of hydrogen-bond donors (Lipinski definition) is 1. The van der Waals surface area contributed by atoms with E-state index in [-0.39, 0.29) is 0 Å². The van der Waals surface area contributed by atoms with Crippen LogP contribution in [0, 0.1) is 0 Å². The molecule has 0 atom stereocenters. The Balaban J connectivity index is 2.83. The standard InChI is InChI=1S/C10H15NO2/c1-12-6-8-3-4-10(11)9(5-8)7-13-2/h3-5H,6-7,11H2,1-2H3. The molecule has 0 radical (unpaired) electrons. The number of nitrogens with two attached hydrogens (primary N) is 1. The molecule has 1 rings (SSSR count). The molecule has 0 bridgehead atoms. The number of anilines is 1. The van der Waals surface area contributed by atoms with Crippen LogP contribution in [-0.2, 0) is 22.7 Å². The Morgan fingerprint density at radius 1 is 1.15 bits per heavy atom. The van der Waals surface area contributed by atoms with Gasteiger partial charge in [0.15, 0.2) is 0 Å². The highest BCUT2D eigenvalue weighted by Crippen LogP contribution is 2.15. The third kappa shape index (κ3) is 2.72. The summed E-state index contributed by atoms with van der Waals surface area (Å²) in [6, 6.07) is 5.84. The molecule has 3 nitrogen and oxygen atoms in total. The first-order valence-electron chi connectivity index (χ1n) is 4.13. The van der Waals surface area contributed by atoms with Crippen LogP contribution in [0.15, 0.2) is 18.2 Å². The molecule has 0 aliphatic rings. The Morgan fingerprint density at radius 2 is 1.85 bits per heavy atom. The maximum Gasteiger partial charge on any atom is 0.0733 e. The molecule has 13 heavy (non-hydrogen) atoms. The normalized spacial score (nSPS) is 10.3. The molecule has 0 aliphatic carbocycles. The number of benzene rings is 1. The summed E-state index contributed by atoms with van der Waals surface area (Å²) in [5.74, 6) is 0. The van der Waals surface area contributed by atoms with E-state index in [0.717, 1.165) is 16.8 Å². The lowest BCUT2D eigenvalue weighted by atomic mass is 10.1. The summed E-state index contributed by atoms with van der Waals surface area (Å²) < 4.78 is 10.0. The minimum Gasteiger partial charge on any atom is -0.398 e. The molecule has 0 heterocycles. The van der Waals surface area contributed by atoms with E-state index in [9.17, 15) is 0 Å². The minimum absolute atomic E-state index is 0.545. The van der Waals surface area contributed by atoms with Crippen molar-refractivity contribution in [3.8, 4) is 0 Å². The van der Waals surface area contributed by atoms with Crippen LogP contribution in [0.1, 0.15) is 11.1 Å². The predicted molar refractivity (Wildman–Crippen MR) is 52.3 cm³/mol. The van der Waals surface area contributed by atoms with Crippen molar-refractivity contribution in [3.63, 3.8) is 0 Å². The fourth-order valence-electron chi connectivity index (χ4n) is 1.20. The lowest BCUT2D eigenvalue weighted by Gasteiger charge is -2.07. The van der Waals surface area contributed by atoms with E-state index in [1.807, 2.05) is 18.2 Å². The van der Waals surface area contributed by atoms with Crippen LogP contribution >= 0.6 is 0 Å². The highest BCUT2D eigenvalue weighted by Gasteiger charge is 2.00. The van der Waals surface area contributed by atoms with Gasteiger partial charge in [0.2, 0.25) is 0 Å². The molecule has 0 saturated carbocycles. The summed E-state index contributed by atoms with van der Waals surface area (Å²) in [7, 11) is 3.33. The second kappa shape index (κ2) is 4.84. The lowest BCUT2D eigenvalue weighted by Crippen LogP contribution is -1.98. The molecule has 2 N–H and O–H groups in total. The van der Waals surface area contributed by atoms with Crippen LogP contribution in [0.4, 0.5) is 5.69 Å². The van der Waals surface area contributed by atoms with E-state index in [2.05, 4.69) is 0 Å². The molecule has 0 fully saturated rings. The number of ether oxygens (including phenoxy) is 2. The first-order valence-corrected chi connectivity index (χ1v) is 4.13. The van der Waals surface area contributed by atoms with Crippen molar-refractivity contribution in [2.75, 3.05) is 20.0 Å². The first kappa shape index (κ1) is 10.0. The summed E-state index contributed by atoms with van der Waals surface area (Å²) in [5.41, 5.74) is 8.64. The molecule has 3 heteroatoms. The van der Waals surface area contributed by atoms with Gasteiger partial charge in [-0.05, 0) is 17.7 Å². The molecular formula is C10H15NO2.